The first-order valence-electron chi connectivity index (χ1n) is 6.12. The molecule has 1 atom stereocenters. The SMILES string of the molecule is Cc1cc(C(C)NC(=O)c2cc(N)c(C)s2)c(C)s1. The largest absolute Gasteiger partial charge is 0.398 e. The molecule has 0 saturated heterocycles. The molecule has 0 fully saturated rings. The second-order valence-corrected chi connectivity index (χ2v) is 7.40. The van der Waals surface area contributed by atoms with E-state index in [4.69, 9.17) is 5.73 Å². The van der Waals surface area contributed by atoms with Crippen molar-refractivity contribution in [3.8, 4) is 0 Å². The molecule has 0 bridgehead atoms. The summed E-state index contributed by atoms with van der Waals surface area (Å²) in [6, 6.07) is 3.90. The van der Waals surface area contributed by atoms with Gasteiger partial charge in [-0.05, 0) is 45.4 Å². The smallest absolute Gasteiger partial charge is 0.261 e. The van der Waals surface area contributed by atoms with Crippen LogP contribution in [0, 0.1) is 20.8 Å². The Bertz CT molecular complexity index is 593. The van der Waals surface area contributed by atoms with Crippen LogP contribution in [0.15, 0.2) is 12.1 Å². The number of hydrogen-bond donors (Lipinski definition) is 2. The monoisotopic (exact) mass is 294 g/mol. The standard InChI is InChI=1S/C14H18N2OS2/c1-7-5-11(9(3)18-7)8(2)16-14(17)13-6-12(15)10(4)19-13/h5-6,8H,15H2,1-4H3,(H,16,17). The number of nitrogen functional groups attached to an aromatic ring is 1. The van der Waals surface area contributed by atoms with Gasteiger partial charge in [0.2, 0.25) is 0 Å². The molecule has 2 aromatic rings. The van der Waals surface area contributed by atoms with Crippen LogP contribution >= 0.6 is 22.7 Å². The summed E-state index contributed by atoms with van der Waals surface area (Å²) >= 11 is 3.19. The minimum atomic E-state index is -0.0550. The zero-order valence-electron chi connectivity index (χ0n) is 11.5. The van der Waals surface area contributed by atoms with Crippen molar-refractivity contribution in [2.75, 3.05) is 5.73 Å². The van der Waals surface area contributed by atoms with Crippen molar-refractivity contribution in [2.45, 2.75) is 33.7 Å². The fourth-order valence-electron chi connectivity index (χ4n) is 2.03. The number of nitrogens with one attached hydrogen (secondary N) is 1. The van der Waals surface area contributed by atoms with Gasteiger partial charge in [-0.2, -0.15) is 0 Å². The zero-order chi connectivity index (χ0) is 14.2. The molecule has 0 spiro atoms. The highest BCUT2D eigenvalue weighted by Gasteiger charge is 2.16. The molecule has 0 aliphatic carbocycles. The van der Waals surface area contributed by atoms with Gasteiger partial charge in [-0.1, -0.05) is 0 Å². The predicted molar refractivity (Wildman–Crippen MR) is 83.1 cm³/mol. The molecule has 102 valence electrons. The number of carbonyl (C=O) groups excluding carboxylic acids is 1. The van der Waals surface area contributed by atoms with E-state index in [-0.39, 0.29) is 11.9 Å². The van der Waals surface area contributed by atoms with E-state index in [1.165, 1.54) is 26.7 Å². The van der Waals surface area contributed by atoms with Gasteiger partial charge in [0, 0.05) is 20.3 Å². The van der Waals surface area contributed by atoms with E-state index in [9.17, 15) is 4.79 Å². The Kier molecular flexibility index (Phi) is 3.96. The Hall–Kier alpha value is -1.33. The van der Waals surface area contributed by atoms with Gasteiger partial charge in [0.25, 0.3) is 5.91 Å². The van der Waals surface area contributed by atoms with Crippen molar-refractivity contribution in [1.82, 2.24) is 5.32 Å². The van der Waals surface area contributed by atoms with Crippen molar-refractivity contribution >= 4 is 34.3 Å². The highest BCUT2D eigenvalue weighted by Crippen LogP contribution is 2.27. The van der Waals surface area contributed by atoms with Crippen molar-refractivity contribution < 1.29 is 4.79 Å². The van der Waals surface area contributed by atoms with Crippen LogP contribution in [0.4, 0.5) is 5.69 Å². The molecule has 1 unspecified atom stereocenters. The molecule has 3 nitrogen and oxygen atoms in total. The van der Waals surface area contributed by atoms with Crippen LogP contribution in [0.2, 0.25) is 0 Å². The van der Waals surface area contributed by atoms with Gasteiger partial charge in [-0.25, -0.2) is 0 Å². The lowest BCUT2D eigenvalue weighted by atomic mass is 10.1. The van der Waals surface area contributed by atoms with Crippen LogP contribution in [0.5, 0.6) is 0 Å². The third kappa shape index (κ3) is 2.98. The Morgan fingerprint density at radius 2 is 1.89 bits per heavy atom. The first-order chi connectivity index (χ1) is 8.88. The van der Waals surface area contributed by atoms with Crippen molar-refractivity contribution in [2.24, 2.45) is 0 Å². The highest BCUT2D eigenvalue weighted by molar-refractivity contribution is 7.14. The lowest BCUT2D eigenvalue weighted by molar-refractivity contribution is 0.0944. The lowest BCUT2D eigenvalue weighted by Crippen LogP contribution is -2.26. The first-order valence-corrected chi connectivity index (χ1v) is 7.75. The van der Waals surface area contributed by atoms with Gasteiger partial charge in [-0.3, -0.25) is 4.79 Å². The Labute approximate surface area is 121 Å². The maximum Gasteiger partial charge on any atom is 0.261 e. The number of hydrogen-bond acceptors (Lipinski definition) is 4. The maximum atomic E-state index is 12.2. The van der Waals surface area contributed by atoms with E-state index >= 15 is 0 Å². The minimum Gasteiger partial charge on any atom is -0.398 e. The highest BCUT2D eigenvalue weighted by atomic mass is 32.1. The Morgan fingerprint density at radius 3 is 2.37 bits per heavy atom. The molecule has 0 aromatic carbocycles. The van der Waals surface area contributed by atoms with Gasteiger partial charge in [-0.15, -0.1) is 22.7 Å². The van der Waals surface area contributed by atoms with E-state index in [0.717, 1.165) is 4.88 Å². The van der Waals surface area contributed by atoms with Crippen LogP contribution in [0.25, 0.3) is 0 Å². The third-order valence-electron chi connectivity index (χ3n) is 3.07. The van der Waals surface area contributed by atoms with Gasteiger partial charge in [0.1, 0.15) is 0 Å². The summed E-state index contributed by atoms with van der Waals surface area (Å²) in [5, 5.41) is 3.03. The Balaban J connectivity index is 2.12. The summed E-state index contributed by atoms with van der Waals surface area (Å²) in [5.41, 5.74) is 7.66. The van der Waals surface area contributed by atoms with Gasteiger partial charge >= 0.3 is 0 Å². The molecule has 2 heterocycles. The van der Waals surface area contributed by atoms with Crippen molar-refractivity contribution in [1.29, 1.82) is 0 Å². The summed E-state index contributed by atoms with van der Waals surface area (Å²) in [6.07, 6.45) is 0. The first kappa shape index (κ1) is 14.1. The summed E-state index contributed by atoms with van der Waals surface area (Å²) in [5.74, 6) is -0.0550. The molecule has 0 aliphatic heterocycles. The minimum absolute atomic E-state index is 0.0149. The molecule has 1 amide bonds. The molecule has 3 N–H and O–H groups in total. The molecular weight excluding hydrogens is 276 g/mol. The zero-order valence-corrected chi connectivity index (χ0v) is 13.2. The fraction of sp³-hybridized carbons (Fsp3) is 0.357. The average molecular weight is 294 g/mol. The van der Waals surface area contributed by atoms with E-state index in [0.29, 0.717) is 10.6 Å². The molecule has 2 aromatic heterocycles. The van der Waals surface area contributed by atoms with Crippen molar-refractivity contribution in [3.05, 3.63) is 37.2 Å². The lowest BCUT2D eigenvalue weighted by Gasteiger charge is -2.13. The van der Waals surface area contributed by atoms with Crippen LogP contribution in [0.3, 0.4) is 0 Å². The summed E-state index contributed by atoms with van der Waals surface area (Å²) in [4.78, 5) is 16.3. The molecule has 0 saturated carbocycles. The topological polar surface area (TPSA) is 55.1 Å². The molecule has 19 heavy (non-hydrogen) atoms. The predicted octanol–water partition coefficient (Wildman–Crippen LogP) is 3.81. The van der Waals surface area contributed by atoms with E-state index in [1.54, 1.807) is 17.4 Å². The molecule has 5 heteroatoms. The Morgan fingerprint density at radius 1 is 1.21 bits per heavy atom. The van der Waals surface area contributed by atoms with Crippen LogP contribution < -0.4 is 11.1 Å². The quantitative estimate of drug-likeness (QED) is 0.904. The number of rotatable bonds is 3. The number of anilines is 1. The second-order valence-electron chi connectivity index (χ2n) is 4.69. The third-order valence-corrected chi connectivity index (χ3v) is 5.12. The number of nitrogens with two attached hydrogens (primary N) is 1. The van der Waals surface area contributed by atoms with Gasteiger partial charge < -0.3 is 11.1 Å². The van der Waals surface area contributed by atoms with Gasteiger partial charge in [0.15, 0.2) is 0 Å². The second kappa shape index (κ2) is 5.35. The summed E-state index contributed by atoms with van der Waals surface area (Å²) in [6.45, 7) is 8.10. The van der Waals surface area contributed by atoms with Crippen LogP contribution in [-0.2, 0) is 0 Å². The van der Waals surface area contributed by atoms with E-state index in [1.807, 2.05) is 13.8 Å². The normalized spacial score (nSPS) is 12.4. The molecule has 0 aliphatic rings. The fourth-order valence-corrected chi connectivity index (χ4v) is 3.90. The van der Waals surface area contributed by atoms with Gasteiger partial charge in [0.05, 0.1) is 10.9 Å². The molecule has 2 rings (SSSR count). The molecular formula is C14H18N2OS2. The van der Waals surface area contributed by atoms with Crippen molar-refractivity contribution in [3.63, 3.8) is 0 Å². The summed E-state index contributed by atoms with van der Waals surface area (Å²) in [7, 11) is 0. The van der Waals surface area contributed by atoms with E-state index < -0.39 is 0 Å². The summed E-state index contributed by atoms with van der Waals surface area (Å²) < 4.78 is 0. The maximum absolute atomic E-state index is 12.2. The number of amides is 1. The molecule has 0 radical (unpaired) electrons. The van der Waals surface area contributed by atoms with E-state index in [2.05, 4.69) is 25.2 Å². The number of thiophene rings is 2. The number of carbonyl (C=O) groups is 1. The number of aryl methyl sites for hydroxylation is 3. The van der Waals surface area contributed by atoms with Crippen LogP contribution in [0.1, 0.15) is 42.8 Å². The van der Waals surface area contributed by atoms with Crippen LogP contribution in [-0.4, -0.2) is 5.91 Å². The average Bonchev–Trinajstić information content (AvgIpc) is 2.82.